The molecule has 3 heteroatoms. The Labute approximate surface area is 207 Å². The third-order valence-corrected chi connectivity index (χ3v) is 6.01. The molecule has 5 aromatic rings. The van der Waals surface area contributed by atoms with Gasteiger partial charge in [-0.15, -0.1) is 0 Å². The van der Waals surface area contributed by atoms with E-state index in [1.54, 1.807) is 0 Å². The molecule has 0 bridgehead atoms. The molecule has 0 amide bonds. The zero-order valence-electron chi connectivity index (χ0n) is 20.1. The van der Waals surface area contributed by atoms with Crippen LogP contribution < -0.4 is 4.74 Å². The summed E-state index contributed by atoms with van der Waals surface area (Å²) in [6.07, 6.45) is 1.99. The molecular formula is C32H28N2O. The van der Waals surface area contributed by atoms with Gasteiger partial charge in [-0.2, -0.15) is 0 Å². The van der Waals surface area contributed by atoms with Crippen LogP contribution >= 0.6 is 0 Å². The summed E-state index contributed by atoms with van der Waals surface area (Å²) in [5.41, 5.74) is 8.75. The fourth-order valence-corrected chi connectivity index (χ4v) is 4.31. The number of rotatable bonds is 7. The second kappa shape index (κ2) is 10.3. The summed E-state index contributed by atoms with van der Waals surface area (Å²) in [5.74, 6) is 0.868. The molecule has 4 aromatic carbocycles. The van der Waals surface area contributed by atoms with E-state index in [1.807, 2.05) is 49.5 Å². The highest BCUT2D eigenvalue weighted by Gasteiger charge is 2.18. The average molecular weight is 457 g/mol. The number of hydrogen-bond acceptors (Lipinski definition) is 2. The van der Waals surface area contributed by atoms with Crippen molar-refractivity contribution in [1.29, 1.82) is 0 Å². The van der Waals surface area contributed by atoms with Crippen LogP contribution in [-0.4, -0.2) is 17.4 Å². The number of para-hydroxylation sites is 1. The maximum Gasteiger partial charge on any atom is 0.119 e. The topological polar surface area (TPSA) is 26.5 Å². The van der Waals surface area contributed by atoms with Gasteiger partial charge in [0, 0.05) is 17.5 Å². The second-order valence-electron chi connectivity index (χ2n) is 8.37. The van der Waals surface area contributed by atoms with Crippen LogP contribution in [-0.2, 0) is 0 Å². The fourth-order valence-electron chi connectivity index (χ4n) is 4.31. The van der Waals surface area contributed by atoms with Gasteiger partial charge in [0.15, 0.2) is 0 Å². The van der Waals surface area contributed by atoms with Gasteiger partial charge >= 0.3 is 0 Å². The summed E-state index contributed by atoms with van der Waals surface area (Å²) in [5, 5.41) is 0. The van der Waals surface area contributed by atoms with Crippen LogP contribution in [0.5, 0.6) is 5.75 Å². The predicted molar refractivity (Wildman–Crippen MR) is 146 cm³/mol. The van der Waals surface area contributed by atoms with Crippen molar-refractivity contribution in [3.63, 3.8) is 0 Å². The van der Waals surface area contributed by atoms with Gasteiger partial charge in [0.2, 0.25) is 0 Å². The van der Waals surface area contributed by atoms with E-state index in [9.17, 15) is 0 Å². The van der Waals surface area contributed by atoms with Gasteiger partial charge in [-0.3, -0.25) is 4.99 Å². The van der Waals surface area contributed by atoms with Crippen LogP contribution in [0.3, 0.4) is 0 Å². The Morgan fingerprint density at radius 1 is 0.743 bits per heavy atom. The van der Waals surface area contributed by atoms with Gasteiger partial charge < -0.3 is 9.30 Å². The lowest BCUT2D eigenvalue weighted by Crippen LogP contribution is -2.01. The number of benzene rings is 4. The van der Waals surface area contributed by atoms with Crippen molar-refractivity contribution in [3.05, 3.63) is 126 Å². The van der Waals surface area contributed by atoms with Crippen LogP contribution in [0.25, 0.3) is 28.2 Å². The highest BCUT2D eigenvalue weighted by atomic mass is 16.5. The normalized spacial score (nSPS) is 11.1. The molecule has 0 unspecified atom stereocenters. The first kappa shape index (κ1) is 22.4. The Morgan fingerprint density at radius 2 is 1.37 bits per heavy atom. The molecule has 3 nitrogen and oxygen atoms in total. The van der Waals surface area contributed by atoms with E-state index in [0.717, 1.165) is 50.8 Å². The van der Waals surface area contributed by atoms with Crippen molar-refractivity contribution in [2.75, 3.05) is 6.61 Å². The Morgan fingerprint density at radius 3 is 2.03 bits per heavy atom. The Hall–Kier alpha value is -4.37. The lowest BCUT2D eigenvalue weighted by molar-refractivity contribution is 0.340. The molecule has 5 rings (SSSR count). The molecule has 0 saturated heterocycles. The Balaban J connectivity index is 1.75. The van der Waals surface area contributed by atoms with Crippen molar-refractivity contribution in [2.45, 2.75) is 13.8 Å². The first-order valence-corrected chi connectivity index (χ1v) is 11.9. The molecule has 0 N–H and O–H groups in total. The average Bonchev–Trinajstić information content (AvgIpc) is 3.29. The van der Waals surface area contributed by atoms with Gasteiger partial charge in [-0.05, 0) is 66.9 Å². The SMILES string of the molecule is CCOc1ccc(-n2c(-c3ccccc3)cc(C=Nc3ccccc3C)c2-c2ccccc2)cc1. The molecule has 0 radical (unpaired) electrons. The zero-order chi connectivity index (χ0) is 24.0. The van der Waals surface area contributed by atoms with Crippen molar-refractivity contribution in [1.82, 2.24) is 4.57 Å². The lowest BCUT2D eigenvalue weighted by Gasteiger charge is -2.15. The molecule has 0 spiro atoms. The highest BCUT2D eigenvalue weighted by molar-refractivity contribution is 5.94. The van der Waals surface area contributed by atoms with Crippen LogP contribution in [0.2, 0.25) is 0 Å². The quantitative estimate of drug-likeness (QED) is 0.226. The van der Waals surface area contributed by atoms with Gasteiger partial charge in [-0.25, -0.2) is 0 Å². The van der Waals surface area contributed by atoms with E-state index in [-0.39, 0.29) is 0 Å². The standard InChI is InChI=1S/C32H28N2O/c1-3-35-29-20-18-28(19-21-29)34-31(25-13-6-4-7-14-25)22-27(32(34)26-15-8-5-9-16-26)23-33-30-17-11-10-12-24(30)2/h4-23H,3H2,1-2H3. The minimum absolute atomic E-state index is 0.646. The number of aliphatic imine (C=N–C) groups is 1. The van der Waals surface area contributed by atoms with Gasteiger partial charge in [0.05, 0.1) is 23.7 Å². The van der Waals surface area contributed by atoms with Crippen LogP contribution in [0, 0.1) is 6.92 Å². The molecule has 1 heterocycles. The minimum Gasteiger partial charge on any atom is -0.494 e. The van der Waals surface area contributed by atoms with E-state index in [0.29, 0.717) is 6.61 Å². The number of nitrogens with zero attached hydrogens (tertiary/aromatic N) is 2. The number of aromatic nitrogens is 1. The third-order valence-electron chi connectivity index (χ3n) is 6.01. The van der Waals surface area contributed by atoms with Crippen LogP contribution in [0.4, 0.5) is 5.69 Å². The predicted octanol–water partition coefficient (Wildman–Crippen LogP) is 8.27. The van der Waals surface area contributed by atoms with Gasteiger partial charge in [0.1, 0.15) is 5.75 Å². The first-order chi connectivity index (χ1) is 17.2. The van der Waals surface area contributed by atoms with Crippen LogP contribution in [0.15, 0.2) is 120 Å². The smallest absolute Gasteiger partial charge is 0.119 e. The molecule has 1 aromatic heterocycles. The molecule has 172 valence electrons. The first-order valence-electron chi connectivity index (χ1n) is 11.9. The molecule has 0 atom stereocenters. The summed E-state index contributed by atoms with van der Waals surface area (Å²) in [6.45, 7) is 4.74. The molecule has 0 aliphatic heterocycles. The summed E-state index contributed by atoms with van der Waals surface area (Å²) in [7, 11) is 0. The van der Waals surface area contributed by atoms with E-state index >= 15 is 0 Å². The zero-order valence-corrected chi connectivity index (χ0v) is 20.1. The summed E-state index contributed by atoms with van der Waals surface area (Å²) in [4.78, 5) is 4.88. The summed E-state index contributed by atoms with van der Waals surface area (Å²) >= 11 is 0. The van der Waals surface area contributed by atoms with Crippen molar-refractivity contribution in [2.24, 2.45) is 4.99 Å². The lowest BCUT2D eigenvalue weighted by atomic mass is 10.1. The van der Waals surface area contributed by atoms with E-state index in [4.69, 9.17) is 9.73 Å². The maximum absolute atomic E-state index is 5.70. The van der Waals surface area contributed by atoms with Crippen molar-refractivity contribution in [3.8, 4) is 34.0 Å². The van der Waals surface area contributed by atoms with E-state index < -0.39 is 0 Å². The maximum atomic E-state index is 5.70. The number of hydrogen-bond donors (Lipinski definition) is 0. The molecule has 0 aliphatic rings. The molecule has 0 fully saturated rings. The van der Waals surface area contributed by atoms with Gasteiger partial charge in [-0.1, -0.05) is 78.9 Å². The van der Waals surface area contributed by atoms with Crippen molar-refractivity contribution >= 4 is 11.9 Å². The molecule has 35 heavy (non-hydrogen) atoms. The minimum atomic E-state index is 0.646. The summed E-state index contributed by atoms with van der Waals surface area (Å²) in [6, 6.07) is 39.8. The van der Waals surface area contributed by atoms with E-state index in [2.05, 4.69) is 90.4 Å². The molecule has 0 saturated carbocycles. The number of aryl methyl sites for hydroxylation is 1. The largest absolute Gasteiger partial charge is 0.494 e. The van der Waals surface area contributed by atoms with Crippen molar-refractivity contribution < 1.29 is 4.74 Å². The van der Waals surface area contributed by atoms with E-state index in [1.165, 1.54) is 0 Å². The fraction of sp³-hybridized carbons (Fsp3) is 0.0938. The molecular weight excluding hydrogens is 428 g/mol. The Bertz CT molecular complexity index is 1430. The highest BCUT2D eigenvalue weighted by Crippen LogP contribution is 2.36. The third kappa shape index (κ3) is 4.80. The monoisotopic (exact) mass is 456 g/mol. The summed E-state index contributed by atoms with van der Waals surface area (Å²) < 4.78 is 8.02. The Kier molecular flexibility index (Phi) is 6.58. The van der Waals surface area contributed by atoms with Crippen LogP contribution in [0.1, 0.15) is 18.1 Å². The number of ether oxygens (including phenoxy) is 1. The second-order valence-corrected chi connectivity index (χ2v) is 8.37. The molecule has 0 aliphatic carbocycles. The van der Waals surface area contributed by atoms with Gasteiger partial charge in [0.25, 0.3) is 0 Å².